The lowest BCUT2D eigenvalue weighted by atomic mass is 10.3. The number of hydrogen-bond acceptors (Lipinski definition) is 2. The minimum atomic E-state index is 0.195. The van der Waals surface area contributed by atoms with E-state index in [-0.39, 0.29) is 5.96 Å². The lowest BCUT2D eigenvalue weighted by Gasteiger charge is -2.21. The SMILES string of the molecule is CC(CN=C(N)N)N1CCCC1. The summed E-state index contributed by atoms with van der Waals surface area (Å²) in [4.78, 5) is 6.42. The molecule has 1 unspecified atom stereocenters. The Bertz CT molecular complexity index is 156. The Hall–Kier alpha value is -0.770. The van der Waals surface area contributed by atoms with Gasteiger partial charge in [0.2, 0.25) is 0 Å². The van der Waals surface area contributed by atoms with Crippen LogP contribution in [0.4, 0.5) is 0 Å². The zero-order chi connectivity index (χ0) is 8.97. The molecule has 1 aliphatic rings. The molecule has 1 fully saturated rings. The molecule has 4 nitrogen and oxygen atoms in total. The third kappa shape index (κ3) is 2.70. The van der Waals surface area contributed by atoms with E-state index in [1.54, 1.807) is 0 Å². The van der Waals surface area contributed by atoms with Crippen molar-refractivity contribution in [2.45, 2.75) is 25.8 Å². The van der Waals surface area contributed by atoms with Crippen LogP contribution in [-0.2, 0) is 0 Å². The van der Waals surface area contributed by atoms with Crippen LogP contribution in [0.2, 0.25) is 0 Å². The number of aliphatic imine (C=N–C) groups is 1. The molecule has 1 aliphatic heterocycles. The van der Waals surface area contributed by atoms with Crippen molar-refractivity contribution in [1.82, 2.24) is 4.90 Å². The van der Waals surface area contributed by atoms with Gasteiger partial charge in [0.1, 0.15) is 0 Å². The third-order valence-corrected chi connectivity index (χ3v) is 2.30. The largest absolute Gasteiger partial charge is 0.370 e. The first kappa shape index (κ1) is 9.32. The van der Waals surface area contributed by atoms with Crippen molar-refractivity contribution < 1.29 is 0 Å². The summed E-state index contributed by atoms with van der Waals surface area (Å²) in [6, 6.07) is 0.481. The highest BCUT2D eigenvalue weighted by Gasteiger charge is 2.16. The molecule has 1 atom stereocenters. The smallest absolute Gasteiger partial charge is 0.185 e. The van der Waals surface area contributed by atoms with Crippen LogP contribution in [0.15, 0.2) is 4.99 Å². The monoisotopic (exact) mass is 170 g/mol. The van der Waals surface area contributed by atoms with Gasteiger partial charge in [-0.25, -0.2) is 0 Å². The van der Waals surface area contributed by atoms with Crippen LogP contribution in [0.25, 0.3) is 0 Å². The summed E-state index contributed by atoms with van der Waals surface area (Å²) < 4.78 is 0. The molecule has 0 radical (unpaired) electrons. The van der Waals surface area contributed by atoms with Crippen LogP contribution in [0.5, 0.6) is 0 Å². The molecule has 0 amide bonds. The molecule has 0 spiro atoms. The quantitative estimate of drug-likeness (QED) is 0.453. The summed E-state index contributed by atoms with van der Waals surface area (Å²) >= 11 is 0. The van der Waals surface area contributed by atoms with Crippen LogP contribution in [0.3, 0.4) is 0 Å². The average Bonchev–Trinajstić information content (AvgIpc) is 2.51. The minimum Gasteiger partial charge on any atom is -0.370 e. The zero-order valence-corrected chi connectivity index (χ0v) is 7.66. The number of hydrogen-bond donors (Lipinski definition) is 2. The van der Waals surface area contributed by atoms with Gasteiger partial charge in [-0.3, -0.25) is 9.89 Å². The fourth-order valence-electron chi connectivity index (χ4n) is 1.54. The van der Waals surface area contributed by atoms with Gasteiger partial charge in [-0.15, -0.1) is 0 Å². The normalized spacial score (nSPS) is 20.8. The maximum Gasteiger partial charge on any atom is 0.185 e. The standard InChI is InChI=1S/C8H18N4/c1-7(6-11-8(9)10)12-4-2-3-5-12/h7H,2-6H2,1H3,(H4,9,10,11). The number of rotatable bonds is 3. The molecule has 12 heavy (non-hydrogen) atoms. The van der Waals surface area contributed by atoms with Gasteiger partial charge in [-0.2, -0.15) is 0 Å². The Kier molecular flexibility index (Phi) is 3.34. The lowest BCUT2D eigenvalue weighted by Crippen LogP contribution is -2.34. The lowest BCUT2D eigenvalue weighted by molar-refractivity contribution is 0.265. The molecule has 0 aliphatic carbocycles. The molecule has 1 heterocycles. The van der Waals surface area contributed by atoms with E-state index in [4.69, 9.17) is 11.5 Å². The molecule has 0 saturated carbocycles. The van der Waals surface area contributed by atoms with Crippen molar-refractivity contribution in [2.75, 3.05) is 19.6 Å². The van der Waals surface area contributed by atoms with E-state index in [2.05, 4.69) is 16.8 Å². The fraction of sp³-hybridized carbons (Fsp3) is 0.875. The van der Waals surface area contributed by atoms with Gasteiger partial charge < -0.3 is 11.5 Å². The Labute approximate surface area is 73.6 Å². The maximum atomic E-state index is 5.25. The molecule has 0 aromatic rings. The predicted octanol–water partition coefficient (Wildman–Crippen LogP) is -0.256. The van der Waals surface area contributed by atoms with E-state index in [0.29, 0.717) is 6.04 Å². The van der Waals surface area contributed by atoms with Crippen molar-refractivity contribution in [1.29, 1.82) is 0 Å². The first-order chi connectivity index (χ1) is 5.70. The number of guanidine groups is 1. The molecule has 0 aromatic carbocycles. The van der Waals surface area contributed by atoms with E-state index in [0.717, 1.165) is 6.54 Å². The summed E-state index contributed by atoms with van der Waals surface area (Å²) in [7, 11) is 0. The first-order valence-corrected chi connectivity index (χ1v) is 4.49. The van der Waals surface area contributed by atoms with Gasteiger partial charge in [-0.05, 0) is 32.9 Å². The zero-order valence-electron chi connectivity index (χ0n) is 7.66. The van der Waals surface area contributed by atoms with Crippen LogP contribution >= 0.6 is 0 Å². The van der Waals surface area contributed by atoms with Gasteiger partial charge in [-0.1, -0.05) is 0 Å². The predicted molar refractivity (Wildman–Crippen MR) is 50.9 cm³/mol. The van der Waals surface area contributed by atoms with Crippen LogP contribution in [-0.4, -0.2) is 36.5 Å². The third-order valence-electron chi connectivity index (χ3n) is 2.30. The van der Waals surface area contributed by atoms with E-state index < -0.39 is 0 Å². The molecule has 4 N–H and O–H groups in total. The van der Waals surface area contributed by atoms with Crippen molar-refractivity contribution in [2.24, 2.45) is 16.5 Å². The van der Waals surface area contributed by atoms with Crippen LogP contribution in [0, 0.1) is 0 Å². The highest BCUT2D eigenvalue weighted by molar-refractivity contribution is 5.75. The minimum absolute atomic E-state index is 0.195. The average molecular weight is 170 g/mol. The molecular weight excluding hydrogens is 152 g/mol. The molecule has 70 valence electrons. The Morgan fingerprint density at radius 1 is 1.42 bits per heavy atom. The topological polar surface area (TPSA) is 67.6 Å². The Balaban J connectivity index is 2.27. The summed E-state index contributed by atoms with van der Waals surface area (Å²) in [5.41, 5.74) is 10.5. The van der Waals surface area contributed by atoms with E-state index in [1.165, 1.54) is 25.9 Å². The van der Waals surface area contributed by atoms with Crippen molar-refractivity contribution in [3.8, 4) is 0 Å². The van der Waals surface area contributed by atoms with Gasteiger partial charge in [0.15, 0.2) is 5.96 Å². The number of nitrogens with zero attached hydrogens (tertiary/aromatic N) is 2. The van der Waals surface area contributed by atoms with Crippen LogP contribution in [0.1, 0.15) is 19.8 Å². The molecule has 0 bridgehead atoms. The highest BCUT2D eigenvalue weighted by Crippen LogP contribution is 2.11. The fourth-order valence-corrected chi connectivity index (χ4v) is 1.54. The van der Waals surface area contributed by atoms with Crippen molar-refractivity contribution in [3.05, 3.63) is 0 Å². The highest BCUT2D eigenvalue weighted by atomic mass is 15.2. The van der Waals surface area contributed by atoms with Gasteiger partial charge >= 0.3 is 0 Å². The maximum absolute atomic E-state index is 5.25. The Morgan fingerprint density at radius 3 is 2.50 bits per heavy atom. The first-order valence-electron chi connectivity index (χ1n) is 4.49. The second kappa shape index (κ2) is 4.30. The molecular formula is C8H18N4. The van der Waals surface area contributed by atoms with E-state index in [1.807, 2.05) is 0 Å². The van der Waals surface area contributed by atoms with Gasteiger partial charge in [0.05, 0.1) is 6.54 Å². The molecule has 1 saturated heterocycles. The van der Waals surface area contributed by atoms with Gasteiger partial charge in [0.25, 0.3) is 0 Å². The molecule has 4 heteroatoms. The molecule has 0 aromatic heterocycles. The summed E-state index contributed by atoms with van der Waals surface area (Å²) in [5.74, 6) is 0.195. The summed E-state index contributed by atoms with van der Waals surface area (Å²) in [5, 5.41) is 0. The van der Waals surface area contributed by atoms with Gasteiger partial charge in [0, 0.05) is 6.04 Å². The summed E-state index contributed by atoms with van der Waals surface area (Å²) in [6.07, 6.45) is 2.62. The second-order valence-corrected chi connectivity index (χ2v) is 3.36. The van der Waals surface area contributed by atoms with E-state index in [9.17, 15) is 0 Å². The summed E-state index contributed by atoms with van der Waals surface area (Å²) in [6.45, 7) is 5.28. The Morgan fingerprint density at radius 2 is 2.00 bits per heavy atom. The number of likely N-dealkylation sites (tertiary alicyclic amines) is 1. The van der Waals surface area contributed by atoms with Crippen molar-refractivity contribution >= 4 is 5.96 Å². The van der Waals surface area contributed by atoms with Crippen LogP contribution < -0.4 is 11.5 Å². The second-order valence-electron chi connectivity index (χ2n) is 3.36. The van der Waals surface area contributed by atoms with E-state index >= 15 is 0 Å². The molecule has 1 rings (SSSR count). The number of nitrogens with two attached hydrogens (primary N) is 2. The van der Waals surface area contributed by atoms with Crippen molar-refractivity contribution in [3.63, 3.8) is 0 Å².